The number of hydrogen-bond donors (Lipinski definition) is 0. The van der Waals surface area contributed by atoms with E-state index in [0.717, 1.165) is 38.2 Å². The molecule has 2 fully saturated rings. The standard InChI is InChI=1S/C15H28N6O2S/c1-4-19(5-2)15(10-11-20(12-15)24(3,22)23)14-16-17-18-21(14)13-8-6-7-9-13/h13H,4-12H2,1-3H3. The van der Waals surface area contributed by atoms with Crippen molar-refractivity contribution < 1.29 is 8.42 Å². The molecule has 1 unspecified atom stereocenters. The maximum Gasteiger partial charge on any atom is 0.211 e. The molecule has 1 aliphatic heterocycles. The van der Waals surface area contributed by atoms with E-state index in [9.17, 15) is 8.42 Å². The molecule has 0 spiro atoms. The molecule has 0 radical (unpaired) electrons. The minimum Gasteiger partial charge on any atom is -0.290 e. The van der Waals surface area contributed by atoms with Gasteiger partial charge in [0, 0.05) is 13.1 Å². The van der Waals surface area contributed by atoms with Crippen LogP contribution in [0, 0.1) is 0 Å². The molecule has 0 N–H and O–H groups in total. The molecule has 9 heteroatoms. The summed E-state index contributed by atoms with van der Waals surface area (Å²) in [7, 11) is -3.22. The first kappa shape index (κ1) is 17.8. The number of sulfonamides is 1. The van der Waals surface area contributed by atoms with Crippen molar-refractivity contribution in [1.29, 1.82) is 0 Å². The molecule has 0 bridgehead atoms. The summed E-state index contributed by atoms with van der Waals surface area (Å²) in [4.78, 5) is 2.31. The Hall–Kier alpha value is -1.06. The summed E-state index contributed by atoms with van der Waals surface area (Å²) >= 11 is 0. The lowest BCUT2D eigenvalue weighted by Gasteiger charge is -2.39. The molecule has 1 saturated carbocycles. The Balaban J connectivity index is 2.02. The molecule has 136 valence electrons. The smallest absolute Gasteiger partial charge is 0.211 e. The highest BCUT2D eigenvalue weighted by atomic mass is 32.2. The molecule has 2 heterocycles. The topological polar surface area (TPSA) is 84.2 Å². The van der Waals surface area contributed by atoms with Crippen LogP contribution in [0.15, 0.2) is 0 Å². The lowest BCUT2D eigenvalue weighted by Crippen LogP contribution is -2.50. The van der Waals surface area contributed by atoms with Crippen LogP contribution in [0.3, 0.4) is 0 Å². The van der Waals surface area contributed by atoms with E-state index in [1.807, 2.05) is 4.68 Å². The van der Waals surface area contributed by atoms with Crippen molar-refractivity contribution in [1.82, 2.24) is 29.4 Å². The molecule has 1 aliphatic carbocycles. The summed E-state index contributed by atoms with van der Waals surface area (Å²) in [5.74, 6) is 0.837. The Kier molecular flexibility index (Phi) is 4.94. The van der Waals surface area contributed by atoms with Gasteiger partial charge in [-0.1, -0.05) is 26.7 Å². The van der Waals surface area contributed by atoms with Gasteiger partial charge < -0.3 is 0 Å². The van der Waals surface area contributed by atoms with Crippen molar-refractivity contribution >= 4 is 10.0 Å². The van der Waals surface area contributed by atoms with Crippen LogP contribution in [0.4, 0.5) is 0 Å². The van der Waals surface area contributed by atoms with Gasteiger partial charge in [-0.05, 0) is 42.8 Å². The molecular formula is C15H28N6O2S. The Bertz CT molecular complexity index is 665. The highest BCUT2D eigenvalue weighted by molar-refractivity contribution is 7.88. The van der Waals surface area contributed by atoms with Gasteiger partial charge in [-0.2, -0.15) is 4.31 Å². The average molecular weight is 356 g/mol. The minimum atomic E-state index is -3.22. The molecule has 1 atom stereocenters. The molecule has 24 heavy (non-hydrogen) atoms. The summed E-state index contributed by atoms with van der Waals surface area (Å²) in [5.41, 5.74) is -0.432. The van der Waals surface area contributed by atoms with Crippen LogP contribution in [0.1, 0.15) is 57.8 Å². The minimum absolute atomic E-state index is 0.342. The van der Waals surface area contributed by atoms with Crippen LogP contribution >= 0.6 is 0 Å². The number of nitrogens with zero attached hydrogens (tertiary/aromatic N) is 6. The first-order valence-electron chi connectivity index (χ1n) is 8.91. The van der Waals surface area contributed by atoms with E-state index in [1.54, 1.807) is 4.31 Å². The molecule has 0 amide bonds. The zero-order valence-corrected chi connectivity index (χ0v) is 15.7. The Morgan fingerprint density at radius 1 is 1.25 bits per heavy atom. The van der Waals surface area contributed by atoms with Gasteiger partial charge in [0.05, 0.1) is 17.8 Å². The van der Waals surface area contributed by atoms with Crippen molar-refractivity contribution in [3.8, 4) is 0 Å². The number of aromatic nitrogens is 4. The van der Waals surface area contributed by atoms with Gasteiger partial charge >= 0.3 is 0 Å². The first-order chi connectivity index (χ1) is 11.4. The second kappa shape index (κ2) is 6.68. The van der Waals surface area contributed by atoms with Crippen LogP contribution in [0.25, 0.3) is 0 Å². The average Bonchev–Trinajstić information content (AvgIpc) is 3.27. The Morgan fingerprint density at radius 2 is 1.92 bits per heavy atom. The van der Waals surface area contributed by atoms with Gasteiger partial charge in [-0.3, -0.25) is 4.90 Å². The lowest BCUT2D eigenvalue weighted by molar-refractivity contribution is 0.0939. The van der Waals surface area contributed by atoms with Gasteiger partial charge in [-0.25, -0.2) is 13.1 Å². The van der Waals surface area contributed by atoms with E-state index < -0.39 is 15.6 Å². The van der Waals surface area contributed by atoms with Crippen LogP contribution in [0.5, 0.6) is 0 Å². The van der Waals surface area contributed by atoms with Crippen LogP contribution < -0.4 is 0 Å². The molecule has 2 aliphatic rings. The third kappa shape index (κ3) is 2.97. The van der Waals surface area contributed by atoms with Gasteiger partial charge in [0.15, 0.2) is 5.82 Å². The number of tetrazole rings is 1. The molecule has 1 aromatic rings. The summed E-state index contributed by atoms with van der Waals surface area (Å²) in [6, 6.07) is 0.342. The molecule has 3 rings (SSSR count). The second-order valence-electron chi connectivity index (χ2n) is 6.94. The lowest BCUT2D eigenvalue weighted by atomic mass is 9.94. The molecule has 8 nitrogen and oxygen atoms in total. The number of hydrogen-bond acceptors (Lipinski definition) is 6. The third-order valence-corrected chi connectivity index (χ3v) is 6.88. The monoisotopic (exact) mass is 356 g/mol. The summed E-state index contributed by atoms with van der Waals surface area (Å²) in [6.45, 7) is 6.85. The van der Waals surface area contributed by atoms with Crippen LogP contribution in [-0.2, 0) is 15.6 Å². The fourth-order valence-electron chi connectivity index (χ4n) is 4.35. The van der Waals surface area contributed by atoms with Crippen molar-refractivity contribution in [2.45, 2.75) is 57.5 Å². The number of rotatable bonds is 6. The van der Waals surface area contributed by atoms with Gasteiger partial charge in [0.2, 0.25) is 10.0 Å². The normalized spacial score (nSPS) is 26.7. The fraction of sp³-hybridized carbons (Fsp3) is 0.933. The van der Waals surface area contributed by atoms with Crippen molar-refractivity contribution in [2.75, 3.05) is 32.4 Å². The van der Waals surface area contributed by atoms with E-state index in [0.29, 0.717) is 19.1 Å². The van der Waals surface area contributed by atoms with E-state index in [-0.39, 0.29) is 0 Å². The molecule has 0 aromatic carbocycles. The quantitative estimate of drug-likeness (QED) is 0.756. The third-order valence-electron chi connectivity index (χ3n) is 5.63. The van der Waals surface area contributed by atoms with Gasteiger partial charge in [0.25, 0.3) is 0 Å². The zero-order valence-electron chi connectivity index (χ0n) is 14.8. The summed E-state index contributed by atoms with van der Waals surface area (Å²) < 4.78 is 27.7. The second-order valence-corrected chi connectivity index (χ2v) is 8.92. The Labute approximate surface area is 144 Å². The van der Waals surface area contributed by atoms with E-state index in [1.165, 1.54) is 19.1 Å². The molecule has 1 aromatic heterocycles. The first-order valence-corrected chi connectivity index (χ1v) is 10.8. The SMILES string of the molecule is CCN(CC)C1(c2nnnn2C2CCCC2)CCN(S(C)(=O)=O)C1. The summed E-state index contributed by atoms with van der Waals surface area (Å²) in [6.07, 6.45) is 6.62. The highest BCUT2D eigenvalue weighted by Gasteiger charge is 2.50. The maximum atomic E-state index is 12.1. The van der Waals surface area contributed by atoms with Crippen LogP contribution in [0.2, 0.25) is 0 Å². The van der Waals surface area contributed by atoms with E-state index in [4.69, 9.17) is 0 Å². The summed E-state index contributed by atoms with van der Waals surface area (Å²) in [5, 5.41) is 12.6. The van der Waals surface area contributed by atoms with E-state index >= 15 is 0 Å². The fourth-order valence-corrected chi connectivity index (χ4v) is 5.22. The zero-order chi connectivity index (χ0) is 17.4. The van der Waals surface area contributed by atoms with Gasteiger partial charge in [-0.15, -0.1) is 5.10 Å². The predicted octanol–water partition coefficient (Wildman–Crippen LogP) is 0.991. The van der Waals surface area contributed by atoms with Crippen molar-refractivity contribution in [3.05, 3.63) is 5.82 Å². The Morgan fingerprint density at radius 3 is 2.46 bits per heavy atom. The molecular weight excluding hydrogens is 328 g/mol. The van der Waals surface area contributed by atoms with Crippen molar-refractivity contribution in [2.24, 2.45) is 0 Å². The molecule has 1 saturated heterocycles. The number of likely N-dealkylation sites (N-methyl/N-ethyl adjacent to an activating group) is 1. The highest BCUT2D eigenvalue weighted by Crippen LogP contribution is 2.40. The van der Waals surface area contributed by atoms with E-state index in [2.05, 4.69) is 34.3 Å². The van der Waals surface area contributed by atoms with Gasteiger partial charge in [0.1, 0.15) is 0 Å². The van der Waals surface area contributed by atoms with Crippen molar-refractivity contribution in [3.63, 3.8) is 0 Å². The predicted molar refractivity (Wildman–Crippen MR) is 91.0 cm³/mol. The van der Waals surface area contributed by atoms with Crippen LogP contribution in [-0.4, -0.2) is 70.3 Å². The maximum absolute atomic E-state index is 12.1. The largest absolute Gasteiger partial charge is 0.290 e.